The van der Waals surface area contributed by atoms with Crippen LogP contribution in [0.1, 0.15) is 47.0 Å². The van der Waals surface area contributed by atoms with Crippen molar-refractivity contribution >= 4 is 5.91 Å². The Labute approximate surface area is 99.4 Å². The van der Waals surface area contributed by atoms with E-state index in [0.29, 0.717) is 12.0 Å². The highest BCUT2D eigenvalue weighted by Gasteiger charge is 2.29. The van der Waals surface area contributed by atoms with Crippen molar-refractivity contribution in [2.45, 2.75) is 59.0 Å². The van der Waals surface area contributed by atoms with Gasteiger partial charge in [-0.25, -0.2) is 0 Å². The van der Waals surface area contributed by atoms with Gasteiger partial charge in [0.1, 0.15) is 0 Å². The predicted octanol–water partition coefficient (Wildman–Crippen LogP) is 1.93. The van der Waals surface area contributed by atoms with Crippen LogP contribution in [0.4, 0.5) is 0 Å². The molecule has 1 fully saturated rings. The van der Waals surface area contributed by atoms with Gasteiger partial charge in [0.25, 0.3) is 0 Å². The molecule has 2 unspecified atom stereocenters. The van der Waals surface area contributed by atoms with E-state index in [1.165, 1.54) is 12.8 Å². The molecule has 0 bridgehead atoms. The van der Waals surface area contributed by atoms with Crippen LogP contribution < -0.4 is 10.6 Å². The summed E-state index contributed by atoms with van der Waals surface area (Å²) in [6.45, 7) is 9.26. The molecule has 0 aromatic carbocycles. The van der Waals surface area contributed by atoms with Gasteiger partial charge in [0, 0.05) is 12.6 Å². The number of carbonyl (C=O) groups excluding carboxylic acids is 1. The highest BCUT2D eigenvalue weighted by Crippen LogP contribution is 2.32. The minimum absolute atomic E-state index is 0.0669. The topological polar surface area (TPSA) is 41.1 Å². The van der Waals surface area contributed by atoms with Crippen molar-refractivity contribution in [2.24, 2.45) is 11.8 Å². The zero-order chi connectivity index (χ0) is 12.1. The van der Waals surface area contributed by atoms with Crippen LogP contribution >= 0.6 is 0 Å². The first-order chi connectivity index (χ1) is 7.50. The molecule has 3 nitrogen and oxygen atoms in total. The van der Waals surface area contributed by atoms with Crippen molar-refractivity contribution in [3.8, 4) is 0 Å². The fraction of sp³-hybridized carbons (Fsp3) is 0.923. The molecule has 1 rings (SSSR count). The second kappa shape index (κ2) is 6.24. The third-order valence-electron chi connectivity index (χ3n) is 3.26. The molecule has 94 valence electrons. The van der Waals surface area contributed by atoms with Crippen LogP contribution in [0.15, 0.2) is 0 Å². The minimum atomic E-state index is -0.0669. The van der Waals surface area contributed by atoms with E-state index in [0.717, 1.165) is 18.9 Å². The number of nitrogens with one attached hydrogen (secondary N) is 2. The Morgan fingerprint density at radius 3 is 2.38 bits per heavy atom. The first kappa shape index (κ1) is 13.5. The van der Waals surface area contributed by atoms with Gasteiger partial charge in [0.15, 0.2) is 0 Å². The molecule has 0 saturated heterocycles. The summed E-state index contributed by atoms with van der Waals surface area (Å²) in [6, 6.07) is 0.411. The molecule has 1 aliphatic rings. The van der Waals surface area contributed by atoms with E-state index < -0.39 is 0 Å². The molecule has 1 saturated carbocycles. The minimum Gasteiger partial charge on any atom is -0.355 e. The predicted molar refractivity (Wildman–Crippen MR) is 67.2 cm³/mol. The number of amides is 1. The van der Waals surface area contributed by atoms with E-state index in [9.17, 15) is 4.79 Å². The fourth-order valence-corrected chi connectivity index (χ4v) is 1.84. The molecule has 3 heteroatoms. The molecular formula is C13H26N2O. The van der Waals surface area contributed by atoms with Crippen molar-refractivity contribution in [1.82, 2.24) is 10.6 Å². The van der Waals surface area contributed by atoms with Crippen molar-refractivity contribution in [3.05, 3.63) is 0 Å². The molecule has 1 aliphatic carbocycles. The quantitative estimate of drug-likeness (QED) is 0.696. The molecule has 0 spiro atoms. The monoisotopic (exact) mass is 226 g/mol. The van der Waals surface area contributed by atoms with Gasteiger partial charge in [-0.15, -0.1) is 0 Å². The standard InChI is InChI=1S/C13H26N2O/c1-9(2)7-8-14-13(16)11(4)15-10(3)12-5-6-12/h9-12,15H,5-8H2,1-4H3,(H,14,16). The molecule has 0 aromatic rings. The van der Waals surface area contributed by atoms with Gasteiger partial charge >= 0.3 is 0 Å². The third-order valence-corrected chi connectivity index (χ3v) is 3.26. The maximum Gasteiger partial charge on any atom is 0.236 e. The molecular weight excluding hydrogens is 200 g/mol. The Bertz CT molecular complexity index is 224. The highest BCUT2D eigenvalue weighted by molar-refractivity contribution is 5.81. The molecule has 0 aromatic heterocycles. The lowest BCUT2D eigenvalue weighted by atomic mass is 10.1. The normalized spacial score (nSPS) is 19.6. The zero-order valence-corrected chi connectivity index (χ0v) is 11.0. The Morgan fingerprint density at radius 1 is 1.25 bits per heavy atom. The van der Waals surface area contributed by atoms with Gasteiger partial charge in [-0.05, 0) is 44.9 Å². The number of rotatable bonds is 7. The van der Waals surface area contributed by atoms with Gasteiger partial charge < -0.3 is 10.6 Å². The molecule has 1 amide bonds. The number of hydrogen-bond acceptors (Lipinski definition) is 2. The van der Waals surface area contributed by atoms with E-state index in [4.69, 9.17) is 0 Å². The fourth-order valence-electron chi connectivity index (χ4n) is 1.84. The van der Waals surface area contributed by atoms with Gasteiger partial charge in [-0.3, -0.25) is 4.79 Å². The van der Waals surface area contributed by atoms with E-state index in [2.05, 4.69) is 31.4 Å². The maximum absolute atomic E-state index is 11.7. The molecule has 0 radical (unpaired) electrons. The molecule has 2 N–H and O–H groups in total. The van der Waals surface area contributed by atoms with Crippen LogP contribution in [-0.2, 0) is 4.79 Å². The lowest BCUT2D eigenvalue weighted by Gasteiger charge is -2.19. The number of carbonyl (C=O) groups is 1. The Hall–Kier alpha value is -0.570. The maximum atomic E-state index is 11.7. The highest BCUT2D eigenvalue weighted by atomic mass is 16.2. The zero-order valence-electron chi connectivity index (χ0n) is 11.0. The van der Waals surface area contributed by atoms with Crippen LogP contribution in [0.25, 0.3) is 0 Å². The molecule has 0 aliphatic heterocycles. The van der Waals surface area contributed by atoms with E-state index >= 15 is 0 Å². The van der Waals surface area contributed by atoms with Gasteiger partial charge in [-0.2, -0.15) is 0 Å². The summed E-state index contributed by atoms with van der Waals surface area (Å²) in [5, 5.41) is 6.34. The Balaban J connectivity index is 2.14. The molecule has 16 heavy (non-hydrogen) atoms. The molecule has 0 heterocycles. The lowest BCUT2D eigenvalue weighted by molar-refractivity contribution is -0.123. The Morgan fingerprint density at radius 2 is 1.88 bits per heavy atom. The second-order valence-corrected chi connectivity index (χ2v) is 5.49. The van der Waals surface area contributed by atoms with Crippen LogP contribution in [-0.4, -0.2) is 24.5 Å². The lowest BCUT2D eigenvalue weighted by Crippen LogP contribution is -2.46. The summed E-state index contributed by atoms with van der Waals surface area (Å²) in [5.41, 5.74) is 0. The summed E-state index contributed by atoms with van der Waals surface area (Å²) in [7, 11) is 0. The average molecular weight is 226 g/mol. The van der Waals surface area contributed by atoms with Gasteiger partial charge in [-0.1, -0.05) is 13.8 Å². The van der Waals surface area contributed by atoms with Crippen LogP contribution in [0.5, 0.6) is 0 Å². The second-order valence-electron chi connectivity index (χ2n) is 5.49. The van der Waals surface area contributed by atoms with Crippen molar-refractivity contribution in [1.29, 1.82) is 0 Å². The average Bonchev–Trinajstić information content (AvgIpc) is 2.99. The summed E-state index contributed by atoms with van der Waals surface area (Å²) in [6.07, 6.45) is 3.68. The van der Waals surface area contributed by atoms with Crippen molar-refractivity contribution < 1.29 is 4.79 Å². The summed E-state index contributed by atoms with van der Waals surface area (Å²) in [5.74, 6) is 1.58. The van der Waals surface area contributed by atoms with E-state index in [-0.39, 0.29) is 11.9 Å². The van der Waals surface area contributed by atoms with Crippen LogP contribution in [0.2, 0.25) is 0 Å². The first-order valence-corrected chi connectivity index (χ1v) is 6.54. The van der Waals surface area contributed by atoms with Crippen molar-refractivity contribution in [2.75, 3.05) is 6.54 Å². The van der Waals surface area contributed by atoms with Crippen LogP contribution in [0.3, 0.4) is 0 Å². The third kappa shape index (κ3) is 4.97. The van der Waals surface area contributed by atoms with E-state index in [1.807, 2.05) is 6.92 Å². The molecule has 2 atom stereocenters. The Kier molecular flexibility index (Phi) is 5.26. The summed E-state index contributed by atoms with van der Waals surface area (Å²) in [4.78, 5) is 11.7. The van der Waals surface area contributed by atoms with Gasteiger partial charge in [0.05, 0.1) is 6.04 Å². The largest absolute Gasteiger partial charge is 0.355 e. The first-order valence-electron chi connectivity index (χ1n) is 6.54. The van der Waals surface area contributed by atoms with Crippen LogP contribution in [0, 0.1) is 11.8 Å². The number of hydrogen-bond donors (Lipinski definition) is 2. The van der Waals surface area contributed by atoms with Gasteiger partial charge in [0.2, 0.25) is 5.91 Å². The summed E-state index contributed by atoms with van der Waals surface area (Å²) < 4.78 is 0. The van der Waals surface area contributed by atoms with E-state index in [1.54, 1.807) is 0 Å². The smallest absolute Gasteiger partial charge is 0.236 e. The summed E-state index contributed by atoms with van der Waals surface area (Å²) >= 11 is 0. The van der Waals surface area contributed by atoms with Crippen molar-refractivity contribution in [3.63, 3.8) is 0 Å². The SMILES string of the molecule is CC(C)CCNC(=O)C(C)NC(C)C1CC1.